The van der Waals surface area contributed by atoms with Crippen LogP contribution >= 0.6 is 0 Å². The molecule has 0 aliphatic heterocycles. The lowest BCUT2D eigenvalue weighted by Gasteiger charge is -2.15. The molecule has 0 aliphatic carbocycles. The summed E-state index contributed by atoms with van der Waals surface area (Å²) in [5.74, 6) is -0.194. The van der Waals surface area contributed by atoms with Crippen LogP contribution in [0.2, 0.25) is 0 Å². The number of benzene rings is 1. The molecule has 3 heteroatoms. The van der Waals surface area contributed by atoms with E-state index in [1.54, 1.807) is 31.7 Å². The van der Waals surface area contributed by atoms with Crippen LogP contribution in [0.4, 0.5) is 4.39 Å². The summed E-state index contributed by atoms with van der Waals surface area (Å²) in [7, 11) is 1.80. The van der Waals surface area contributed by atoms with Crippen LogP contribution in [0.1, 0.15) is 22.7 Å². The Labute approximate surface area is 94.1 Å². The predicted octanol–water partition coefficient (Wildman–Crippen LogP) is 3.04. The van der Waals surface area contributed by atoms with Crippen molar-refractivity contribution in [3.63, 3.8) is 0 Å². The van der Waals surface area contributed by atoms with Gasteiger partial charge in [-0.05, 0) is 31.7 Å². The third kappa shape index (κ3) is 1.99. The van der Waals surface area contributed by atoms with Gasteiger partial charge in [-0.3, -0.25) is 0 Å². The standard InChI is InChI=1S/C13H14FNO/c1-9-3-4-11(12(14)7-9)13(15-2)10-5-6-16-8-10/h3-8,13,15H,1-2H3. The van der Waals surface area contributed by atoms with E-state index in [2.05, 4.69) is 5.32 Å². The summed E-state index contributed by atoms with van der Waals surface area (Å²) < 4.78 is 18.8. The highest BCUT2D eigenvalue weighted by molar-refractivity contribution is 5.32. The predicted molar refractivity (Wildman–Crippen MR) is 60.7 cm³/mol. The summed E-state index contributed by atoms with van der Waals surface area (Å²) in [6.45, 7) is 1.87. The molecule has 0 aliphatic rings. The second kappa shape index (κ2) is 4.49. The highest BCUT2D eigenvalue weighted by Crippen LogP contribution is 2.24. The largest absolute Gasteiger partial charge is 0.472 e. The topological polar surface area (TPSA) is 25.2 Å². The van der Waals surface area contributed by atoms with E-state index in [0.29, 0.717) is 5.56 Å². The Morgan fingerprint density at radius 2 is 2.12 bits per heavy atom. The number of aryl methyl sites for hydroxylation is 1. The molecule has 0 fully saturated rings. The Kier molecular flexibility index (Phi) is 3.06. The van der Waals surface area contributed by atoms with Crippen molar-refractivity contribution in [2.45, 2.75) is 13.0 Å². The van der Waals surface area contributed by atoms with Crippen LogP contribution < -0.4 is 5.32 Å². The number of furan rings is 1. The fourth-order valence-corrected chi connectivity index (χ4v) is 1.81. The second-order valence-corrected chi connectivity index (χ2v) is 3.80. The molecule has 0 spiro atoms. The smallest absolute Gasteiger partial charge is 0.128 e. The van der Waals surface area contributed by atoms with E-state index in [9.17, 15) is 4.39 Å². The average Bonchev–Trinajstić information content (AvgIpc) is 2.75. The van der Waals surface area contributed by atoms with Gasteiger partial charge in [-0.1, -0.05) is 12.1 Å². The van der Waals surface area contributed by atoms with Gasteiger partial charge >= 0.3 is 0 Å². The maximum absolute atomic E-state index is 13.8. The van der Waals surface area contributed by atoms with Crippen LogP contribution in [-0.4, -0.2) is 7.05 Å². The maximum Gasteiger partial charge on any atom is 0.128 e. The Morgan fingerprint density at radius 1 is 1.31 bits per heavy atom. The van der Waals surface area contributed by atoms with E-state index in [0.717, 1.165) is 11.1 Å². The van der Waals surface area contributed by atoms with E-state index in [1.165, 1.54) is 0 Å². The molecule has 0 radical (unpaired) electrons. The summed E-state index contributed by atoms with van der Waals surface area (Å²) in [5, 5.41) is 3.08. The minimum Gasteiger partial charge on any atom is -0.472 e. The lowest BCUT2D eigenvalue weighted by atomic mass is 10.00. The molecular formula is C13H14FNO. The van der Waals surface area contributed by atoms with Gasteiger partial charge in [0.25, 0.3) is 0 Å². The first-order valence-electron chi connectivity index (χ1n) is 5.18. The van der Waals surface area contributed by atoms with E-state index < -0.39 is 0 Å². The molecule has 2 nitrogen and oxygen atoms in total. The Balaban J connectivity index is 2.41. The molecule has 2 rings (SSSR count). The average molecular weight is 219 g/mol. The van der Waals surface area contributed by atoms with Gasteiger partial charge in [0.05, 0.1) is 18.6 Å². The Morgan fingerprint density at radius 3 is 2.69 bits per heavy atom. The van der Waals surface area contributed by atoms with Gasteiger partial charge in [-0.25, -0.2) is 4.39 Å². The number of hydrogen-bond donors (Lipinski definition) is 1. The van der Waals surface area contributed by atoms with Crippen molar-refractivity contribution < 1.29 is 8.81 Å². The van der Waals surface area contributed by atoms with Crippen LogP contribution in [0.25, 0.3) is 0 Å². The molecule has 1 aromatic heterocycles. The first-order valence-corrected chi connectivity index (χ1v) is 5.18. The highest BCUT2D eigenvalue weighted by Gasteiger charge is 2.16. The minimum atomic E-state index is -0.194. The molecule has 0 saturated heterocycles. The van der Waals surface area contributed by atoms with Gasteiger partial charge < -0.3 is 9.73 Å². The van der Waals surface area contributed by atoms with Crippen molar-refractivity contribution in [1.29, 1.82) is 0 Å². The van der Waals surface area contributed by atoms with E-state index in [1.807, 2.05) is 19.1 Å². The zero-order valence-electron chi connectivity index (χ0n) is 9.33. The second-order valence-electron chi connectivity index (χ2n) is 3.80. The van der Waals surface area contributed by atoms with Crippen LogP contribution in [0.15, 0.2) is 41.2 Å². The molecule has 1 heterocycles. The van der Waals surface area contributed by atoms with Gasteiger partial charge in [0, 0.05) is 11.1 Å². The van der Waals surface area contributed by atoms with Crippen molar-refractivity contribution in [2.75, 3.05) is 7.05 Å². The third-order valence-corrected chi connectivity index (χ3v) is 2.63. The summed E-state index contributed by atoms with van der Waals surface area (Å²) in [5.41, 5.74) is 2.48. The van der Waals surface area contributed by atoms with Crippen molar-refractivity contribution in [3.05, 3.63) is 59.3 Å². The first-order chi connectivity index (χ1) is 7.72. The lowest BCUT2D eigenvalue weighted by Crippen LogP contribution is -2.18. The SMILES string of the molecule is CNC(c1ccoc1)c1ccc(C)cc1F. The summed E-state index contributed by atoms with van der Waals surface area (Å²) in [6.07, 6.45) is 3.21. The molecule has 1 aromatic carbocycles. The quantitative estimate of drug-likeness (QED) is 0.858. The summed E-state index contributed by atoms with van der Waals surface area (Å²) in [6, 6.07) is 6.92. The molecule has 16 heavy (non-hydrogen) atoms. The normalized spacial score (nSPS) is 12.7. The third-order valence-electron chi connectivity index (χ3n) is 2.63. The number of halogens is 1. The lowest BCUT2D eigenvalue weighted by molar-refractivity contribution is 0.548. The zero-order chi connectivity index (χ0) is 11.5. The van der Waals surface area contributed by atoms with Crippen LogP contribution in [0.3, 0.4) is 0 Å². The Bertz CT molecular complexity index is 465. The summed E-state index contributed by atoms with van der Waals surface area (Å²) in [4.78, 5) is 0. The first kappa shape index (κ1) is 10.9. The van der Waals surface area contributed by atoms with Gasteiger partial charge in [0.2, 0.25) is 0 Å². The van der Waals surface area contributed by atoms with Gasteiger partial charge in [0.1, 0.15) is 5.82 Å². The molecule has 0 bridgehead atoms. The maximum atomic E-state index is 13.8. The molecule has 84 valence electrons. The molecule has 1 N–H and O–H groups in total. The zero-order valence-corrected chi connectivity index (χ0v) is 9.33. The Hall–Kier alpha value is -1.61. The molecular weight excluding hydrogens is 205 g/mol. The van der Waals surface area contributed by atoms with Gasteiger partial charge in [0.15, 0.2) is 0 Å². The van der Waals surface area contributed by atoms with Gasteiger partial charge in [-0.2, -0.15) is 0 Å². The van der Waals surface area contributed by atoms with Crippen LogP contribution in [0, 0.1) is 12.7 Å². The fraction of sp³-hybridized carbons (Fsp3) is 0.231. The van der Waals surface area contributed by atoms with E-state index in [4.69, 9.17) is 4.42 Å². The minimum absolute atomic E-state index is 0.167. The number of nitrogens with one attached hydrogen (secondary N) is 1. The highest BCUT2D eigenvalue weighted by atomic mass is 19.1. The van der Waals surface area contributed by atoms with Crippen molar-refractivity contribution in [3.8, 4) is 0 Å². The van der Waals surface area contributed by atoms with Crippen LogP contribution in [0.5, 0.6) is 0 Å². The molecule has 2 aromatic rings. The molecule has 1 atom stereocenters. The van der Waals surface area contributed by atoms with Gasteiger partial charge in [-0.15, -0.1) is 0 Å². The van der Waals surface area contributed by atoms with E-state index in [-0.39, 0.29) is 11.9 Å². The molecule has 1 unspecified atom stereocenters. The molecule has 0 amide bonds. The van der Waals surface area contributed by atoms with Crippen LogP contribution in [-0.2, 0) is 0 Å². The number of rotatable bonds is 3. The number of hydrogen-bond acceptors (Lipinski definition) is 2. The summed E-state index contributed by atoms with van der Waals surface area (Å²) >= 11 is 0. The monoisotopic (exact) mass is 219 g/mol. The van der Waals surface area contributed by atoms with Crippen molar-refractivity contribution in [1.82, 2.24) is 5.32 Å². The van der Waals surface area contributed by atoms with E-state index >= 15 is 0 Å². The van der Waals surface area contributed by atoms with Crippen molar-refractivity contribution >= 4 is 0 Å². The molecule has 0 saturated carbocycles. The fourth-order valence-electron chi connectivity index (χ4n) is 1.81. The van der Waals surface area contributed by atoms with Crippen molar-refractivity contribution in [2.24, 2.45) is 0 Å².